The van der Waals surface area contributed by atoms with Crippen molar-refractivity contribution >= 4 is 17.7 Å². The average molecular weight is 367 g/mol. The summed E-state index contributed by atoms with van der Waals surface area (Å²) in [5.74, 6) is 0.736. The van der Waals surface area contributed by atoms with Crippen LogP contribution in [0.15, 0.2) is 64.2 Å². The fraction of sp³-hybridized carbons (Fsp3) is 0.250. The molecule has 0 bridgehead atoms. The van der Waals surface area contributed by atoms with Gasteiger partial charge < -0.3 is 9.32 Å². The summed E-state index contributed by atoms with van der Waals surface area (Å²) in [5, 5.41) is 8.50. The maximum atomic E-state index is 12.5. The Morgan fingerprint density at radius 1 is 1.15 bits per heavy atom. The highest BCUT2D eigenvalue weighted by atomic mass is 32.2. The monoisotopic (exact) mass is 367 g/mol. The Hall–Kier alpha value is -2.60. The molecule has 5 nitrogen and oxygen atoms in total. The highest BCUT2D eigenvalue weighted by Crippen LogP contribution is 2.25. The number of carbonyl (C=O) groups is 1. The number of amides is 1. The molecule has 6 heteroatoms. The van der Waals surface area contributed by atoms with Gasteiger partial charge in [0.25, 0.3) is 5.22 Å². The van der Waals surface area contributed by atoms with Crippen LogP contribution >= 0.6 is 11.8 Å². The molecule has 0 saturated carbocycles. The van der Waals surface area contributed by atoms with Crippen molar-refractivity contribution in [3.8, 4) is 11.5 Å². The molecule has 26 heavy (non-hydrogen) atoms. The van der Waals surface area contributed by atoms with E-state index >= 15 is 0 Å². The molecule has 1 heterocycles. The van der Waals surface area contributed by atoms with Crippen molar-refractivity contribution in [2.75, 3.05) is 12.8 Å². The lowest BCUT2D eigenvalue weighted by Gasteiger charge is -2.25. The summed E-state index contributed by atoms with van der Waals surface area (Å²) in [5.41, 5.74) is 3.11. The number of thioether (sulfide) groups is 1. The van der Waals surface area contributed by atoms with Crippen molar-refractivity contribution in [3.63, 3.8) is 0 Å². The highest BCUT2D eigenvalue weighted by molar-refractivity contribution is 7.99. The third kappa shape index (κ3) is 4.32. The fourth-order valence-electron chi connectivity index (χ4n) is 2.56. The molecule has 0 N–H and O–H groups in total. The molecule has 1 amide bonds. The second kappa shape index (κ2) is 8.19. The standard InChI is InChI=1S/C20H21N3O2S/c1-14-8-7-11-17(12-14)19-21-22-20(25-19)26-13-18(24)23(3)15(2)16-9-5-4-6-10-16/h4-12,15H,13H2,1-3H3/t15-/m1/s1. The Labute approximate surface area is 157 Å². The van der Waals surface area contributed by atoms with Crippen molar-refractivity contribution in [1.29, 1.82) is 0 Å². The lowest BCUT2D eigenvalue weighted by atomic mass is 10.1. The van der Waals surface area contributed by atoms with Gasteiger partial charge in [0.15, 0.2) is 0 Å². The minimum atomic E-state index is 0.00911. The third-order valence-electron chi connectivity index (χ3n) is 4.25. The number of carbonyl (C=O) groups excluding carboxylic acids is 1. The van der Waals surface area contributed by atoms with E-state index < -0.39 is 0 Å². The fourth-order valence-corrected chi connectivity index (χ4v) is 3.25. The first-order valence-electron chi connectivity index (χ1n) is 8.38. The van der Waals surface area contributed by atoms with Crippen LogP contribution in [-0.2, 0) is 4.79 Å². The van der Waals surface area contributed by atoms with E-state index in [1.54, 1.807) is 4.90 Å². The molecule has 0 unspecified atom stereocenters. The average Bonchev–Trinajstić information content (AvgIpc) is 3.14. The largest absolute Gasteiger partial charge is 0.411 e. The molecule has 0 fully saturated rings. The normalized spacial score (nSPS) is 12.0. The lowest BCUT2D eigenvalue weighted by Crippen LogP contribution is -2.31. The molecule has 0 aliphatic carbocycles. The van der Waals surface area contributed by atoms with Crippen LogP contribution in [-0.4, -0.2) is 33.8 Å². The summed E-state index contributed by atoms with van der Waals surface area (Å²) >= 11 is 1.26. The molecule has 0 aliphatic heterocycles. The smallest absolute Gasteiger partial charge is 0.277 e. The minimum absolute atomic E-state index is 0.00911. The van der Waals surface area contributed by atoms with Gasteiger partial charge in [-0.3, -0.25) is 4.79 Å². The van der Waals surface area contributed by atoms with E-state index in [2.05, 4.69) is 10.2 Å². The van der Waals surface area contributed by atoms with Crippen molar-refractivity contribution in [3.05, 3.63) is 65.7 Å². The molecule has 1 atom stereocenters. The Bertz CT molecular complexity index is 880. The molecule has 3 aromatic rings. The van der Waals surface area contributed by atoms with Crippen LogP contribution in [0.2, 0.25) is 0 Å². The number of hydrogen-bond donors (Lipinski definition) is 0. The number of rotatable bonds is 6. The molecule has 0 radical (unpaired) electrons. The highest BCUT2D eigenvalue weighted by Gasteiger charge is 2.18. The molecule has 0 spiro atoms. The molecular weight excluding hydrogens is 346 g/mol. The van der Waals surface area contributed by atoms with Gasteiger partial charge in [-0.1, -0.05) is 59.8 Å². The van der Waals surface area contributed by atoms with Crippen LogP contribution in [0.25, 0.3) is 11.5 Å². The summed E-state index contributed by atoms with van der Waals surface area (Å²) in [6, 6.07) is 17.8. The van der Waals surface area contributed by atoms with Gasteiger partial charge in [-0.25, -0.2) is 0 Å². The Morgan fingerprint density at radius 2 is 1.92 bits per heavy atom. The minimum Gasteiger partial charge on any atom is -0.411 e. The van der Waals surface area contributed by atoms with Crippen LogP contribution < -0.4 is 0 Å². The first kappa shape index (κ1) is 18.2. The number of aryl methyl sites for hydroxylation is 1. The predicted octanol–water partition coefficient (Wildman–Crippen LogP) is 4.36. The summed E-state index contributed by atoms with van der Waals surface area (Å²) < 4.78 is 5.67. The quantitative estimate of drug-likeness (QED) is 0.606. The zero-order valence-electron chi connectivity index (χ0n) is 15.0. The summed E-state index contributed by atoms with van der Waals surface area (Å²) in [6.45, 7) is 4.03. The van der Waals surface area contributed by atoms with Gasteiger partial charge in [-0.2, -0.15) is 0 Å². The molecule has 134 valence electrons. The van der Waals surface area contributed by atoms with E-state index in [-0.39, 0.29) is 17.7 Å². The third-order valence-corrected chi connectivity index (χ3v) is 5.05. The van der Waals surface area contributed by atoms with Gasteiger partial charge in [0.1, 0.15) is 0 Å². The summed E-state index contributed by atoms with van der Waals surface area (Å²) in [4.78, 5) is 14.2. The number of aromatic nitrogens is 2. The molecular formula is C20H21N3O2S. The SMILES string of the molecule is Cc1cccc(-c2nnc(SCC(=O)N(C)[C@H](C)c3ccccc3)o2)c1. The lowest BCUT2D eigenvalue weighted by molar-refractivity contribution is -0.128. The van der Waals surface area contributed by atoms with Crippen LogP contribution in [0.3, 0.4) is 0 Å². The number of hydrogen-bond acceptors (Lipinski definition) is 5. The van der Waals surface area contributed by atoms with Crippen molar-refractivity contribution in [1.82, 2.24) is 15.1 Å². The van der Waals surface area contributed by atoms with E-state index in [1.165, 1.54) is 11.8 Å². The maximum absolute atomic E-state index is 12.5. The first-order chi connectivity index (χ1) is 12.5. The van der Waals surface area contributed by atoms with E-state index in [4.69, 9.17) is 4.42 Å². The van der Waals surface area contributed by atoms with Crippen LogP contribution in [0.4, 0.5) is 0 Å². The Kier molecular flexibility index (Phi) is 5.73. The molecule has 0 saturated heterocycles. The molecule has 3 rings (SSSR count). The zero-order chi connectivity index (χ0) is 18.5. The van der Waals surface area contributed by atoms with Gasteiger partial charge in [0, 0.05) is 12.6 Å². The second-order valence-corrected chi connectivity index (χ2v) is 7.05. The maximum Gasteiger partial charge on any atom is 0.277 e. The van der Waals surface area contributed by atoms with Crippen LogP contribution in [0.5, 0.6) is 0 Å². The van der Waals surface area contributed by atoms with Gasteiger partial charge in [-0.05, 0) is 31.5 Å². The van der Waals surface area contributed by atoms with Crippen molar-refractivity contribution in [2.45, 2.75) is 25.1 Å². The number of nitrogens with zero attached hydrogens (tertiary/aromatic N) is 3. The molecule has 1 aromatic heterocycles. The van der Waals surface area contributed by atoms with E-state index in [9.17, 15) is 4.79 Å². The predicted molar refractivity (Wildman–Crippen MR) is 103 cm³/mol. The van der Waals surface area contributed by atoms with Gasteiger partial charge in [0.05, 0.1) is 11.8 Å². The zero-order valence-corrected chi connectivity index (χ0v) is 15.9. The van der Waals surface area contributed by atoms with Gasteiger partial charge >= 0.3 is 0 Å². The van der Waals surface area contributed by atoms with Gasteiger partial charge in [0.2, 0.25) is 11.8 Å². The molecule has 2 aromatic carbocycles. The van der Waals surface area contributed by atoms with E-state index in [1.807, 2.05) is 75.5 Å². The van der Waals surface area contributed by atoms with E-state index in [0.29, 0.717) is 11.1 Å². The Morgan fingerprint density at radius 3 is 2.65 bits per heavy atom. The Balaban J connectivity index is 1.59. The van der Waals surface area contributed by atoms with Crippen LogP contribution in [0.1, 0.15) is 24.1 Å². The van der Waals surface area contributed by atoms with E-state index in [0.717, 1.165) is 16.7 Å². The first-order valence-corrected chi connectivity index (χ1v) is 9.37. The topological polar surface area (TPSA) is 59.2 Å². The molecule has 0 aliphatic rings. The number of benzene rings is 2. The summed E-state index contributed by atoms with van der Waals surface area (Å²) in [6.07, 6.45) is 0. The second-order valence-electron chi connectivity index (χ2n) is 6.12. The van der Waals surface area contributed by atoms with Gasteiger partial charge in [-0.15, -0.1) is 10.2 Å². The van der Waals surface area contributed by atoms with Crippen molar-refractivity contribution < 1.29 is 9.21 Å². The van der Waals surface area contributed by atoms with Crippen LogP contribution in [0, 0.1) is 6.92 Å². The van der Waals surface area contributed by atoms with Crippen molar-refractivity contribution in [2.24, 2.45) is 0 Å². The summed E-state index contributed by atoms with van der Waals surface area (Å²) in [7, 11) is 1.81.